The van der Waals surface area contributed by atoms with Gasteiger partial charge in [0.2, 0.25) is 0 Å². The quantitative estimate of drug-likeness (QED) is 0.570. The highest BCUT2D eigenvalue weighted by Crippen LogP contribution is 1.97. The molecule has 62 valence electrons. The summed E-state index contributed by atoms with van der Waals surface area (Å²) in [5.74, 6) is 0.578. The number of aromatic nitrogens is 6. The van der Waals surface area contributed by atoms with Crippen LogP contribution in [0.2, 0.25) is 0 Å². The molecule has 0 unspecified atom stereocenters. The molecule has 0 spiro atoms. The molecule has 0 saturated carbocycles. The third kappa shape index (κ3) is 0.831. The first kappa shape index (κ1) is 6.77. The summed E-state index contributed by atoms with van der Waals surface area (Å²) in [6.45, 7) is 0. The second kappa shape index (κ2) is 2.29. The van der Waals surface area contributed by atoms with E-state index in [1.165, 1.54) is 4.68 Å². The molecule has 0 aliphatic heterocycles. The monoisotopic (exact) mass is 166 g/mol. The Balaban J connectivity index is 2.65. The Kier molecular flexibility index (Phi) is 1.29. The molecule has 0 aromatic carbocycles. The molecule has 0 bridgehead atoms. The number of tetrazole rings is 1. The predicted molar refractivity (Wildman–Crippen MR) is 38.7 cm³/mol. The van der Waals surface area contributed by atoms with Gasteiger partial charge in [-0.15, -0.1) is 4.68 Å². The zero-order valence-electron chi connectivity index (χ0n) is 6.30. The van der Waals surface area contributed by atoms with Gasteiger partial charge >= 0.3 is 5.69 Å². The predicted octanol–water partition coefficient (Wildman–Crippen LogP) is -1.31. The van der Waals surface area contributed by atoms with Gasteiger partial charge < -0.3 is 0 Å². The van der Waals surface area contributed by atoms with Gasteiger partial charge in [0.1, 0.15) is 0 Å². The van der Waals surface area contributed by atoms with Crippen LogP contribution < -0.4 is 5.69 Å². The highest BCUT2D eigenvalue weighted by atomic mass is 16.2. The van der Waals surface area contributed by atoms with Crippen molar-refractivity contribution in [2.75, 3.05) is 0 Å². The lowest BCUT2D eigenvalue weighted by Crippen LogP contribution is -2.18. The highest BCUT2D eigenvalue weighted by Gasteiger charge is 2.05. The van der Waals surface area contributed by atoms with Crippen molar-refractivity contribution in [3.05, 3.63) is 22.7 Å². The summed E-state index contributed by atoms with van der Waals surface area (Å²) in [5.41, 5.74) is -0.376. The summed E-state index contributed by atoms with van der Waals surface area (Å²) < 4.78 is 2.66. The summed E-state index contributed by atoms with van der Waals surface area (Å²) in [7, 11) is 1.72. The standard InChI is InChI=1S/C5H6N6O/c1-10-4(2-3-6-10)11-5(12)7-8-9-11/h2-3H,1H3,(H,7,9,12). The van der Waals surface area contributed by atoms with Crippen molar-refractivity contribution >= 4 is 0 Å². The van der Waals surface area contributed by atoms with Crippen molar-refractivity contribution in [1.82, 2.24) is 30.0 Å². The van der Waals surface area contributed by atoms with Crippen molar-refractivity contribution in [2.24, 2.45) is 7.05 Å². The maximum Gasteiger partial charge on any atom is 0.367 e. The van der Waals surface area contributed by atoms with E-state index in [0.29, 0.717) is 5.82 Å². The van der Waals surface area contributed by atoms with Gasteiger partial charge in [0.15, 0.2) is 5.82 Å². The molecule has 0 aliphatic carbocycles. The van der Waals surface area contributed by atoms with Crippen molar-refractivity contribution in [3.63, 3.8) is 0 Å². The largest absolute Gasteiger partial charge is 0.367 e. The van der Waals surface area contributed by atoms with Gasteiger partial charge in [0.25, 0.3) is 0 Å². The number of hydrogen-bond acceptors (Lipinski definition) is 4. The molecule has 0 atom stereocenters. The number of hydrogen-bond donors (Lipinski definition) is 1. The van der Waals surface area contributed by atoms with Crippen LogP contribution in [0.1, 0.15) is 0 Å². The van der Waals surface area contributed by atoms with Crippen LogP contribution in [0.4, 0.5) is 0 Å². The van der Waals surface area contributed by atoms with E-state index in [1.807, 2.05) is 0 Å². The molecule has 2 aromatic rings. The lowest BCUT2D eigenvalue weighted by Gasteiger charge is -1.95. The maximum absolute atomic E-state index is 11.0. The molecule has 7 heteroatoms. The summed E-state index contributed by atoms with van der Waals surface area (Å²) in [4.78, 5) is 11.0. The number of nitrogens with one attached hydrogen (secondary N) is 1. The van der Waals surface area contributed by atoms with E-state index in [0.717, 1.165) is 4.68 Å². The molecule has 0 fully saturated rings. The van der Waals surface area contributed by atoms with E-state index in [2.05, 4.69) is 20.6 Å². The number of aryl methyl sites for hydroxylation is 1. The van der Waals surface area contributed by atoms with Crippen molar-refractivity contribution in [1.29, 1.82) is 0 Å². The summed E-state index contributed by atoms with van der Waals surface area (Å²) in [6.07, 6.45) is 1.58. The van der Waals surface area contributed by atoms with E-state index >= 15 is 0 Å². The van der Waals surface area contributed by atoms with Crippen molar-refractivity contribution in [3.8, 4) is 5.82 Å². The average molecular weight is 166 g/mol. The summed E-state index contributed by atoms with van der Waals surface area (Å²) in [6, 6.07) is 1.67. The zero-order valence-corrected chi connectivity index (χ0v) is 6.30. The Bertz CT molecular complexity index is 436. The minimum absolute atomic E-state index is 0.376. The van der Waals surface area contributed by atoms with Crippen molar-refractivity contribution in [2.45, 2.75) is 0 Å². The SMILES string of the molecule is Cn1nccc1-n1nn[nH]c1=O. The van der Waals surface area contributed by atoms with Gasteiger partial charge in [-0.25, -0.2) is 9.89 Å². The summed E-state index contributed by atoms with van der Waals surface area (Å²) in [5, 5.41) is 13.0. The highest BCUT2D eigenvalue weighted by molar-refractivity contribution is 5.17. The minimum atomic E-state index is -0.376. The maximum atomic E-state index is 11.0. The Morgan fingerprint density at radius 2 is 2.42 bits per heavy atom. The van der Waals surface area contributed by atoms with Crippen LogP contribution in [0.5, 0.6) is 0 Å². The van der Waals surface area contributed by atoms with Crippen LogP contribution in [-0.4, -0.2) is 30.0 Å². The molecule has 12 heavy (non-hydrogen) atoms. The van der Waals surface area contributed by atoms with Crippen LogP contribution in [0.15, 0.2) is 17.1 Å². The average Bonchev–Trinajstić information content (AvgIpc) is 2.59. The minimum Gasteiger partial charge on any atom is -0.251 e. The molecule has 1 N–H and O–H groups in total. The summed E-state index contributed by atoms with van der Waals surface area (Å²) >= 11 is 0. The number of rotatable bonds is 1. The van der Waals surface area contributed by atoms with E-state index in [4.69, 9.17) is 0 Å². The molecule has 2 rings (SSSR count). The van der Waals surface area contributed by atoms with Crippen LogP contribution in [0.25, 0.3) is 5.82 Å². The van der Waals surface area contributed by atoms with Gasteiger partial charge in [0, 0.05) is 13.1 Å². The number of nitrogens with zero attached hydrogens (tertiary/aromatic N) is 5. The fraction of sp³-hybridized carbons (Fsp3) is 0.200. The Morgan fingerprint density at radius 3 is 2.92 bits per heavy atom. The molecule has 0 aliphatic rings. The first-order valence-electron chi connectivity index (χ1n) is 3.28. The molecule has 2 aromatic heterocycles. The second-order valence-electron chi connectivity index (χ2n) is 2.23. The van der Waals surface area contributed by atoms with Crippen LogP contribution in [0, 0.1) is 0 Å². The molecule has 0 saturated heterocycles. The normalized spacial score (nSPS) is 10.4. The number of H-pyrrole nitrogens is 1. The first-order chi connectivity index (χ1) is 5.79. The molecule has 0 radical (unpaired) electrons. The van der Waals surface area contributed by atoms with Gasteiger partial charge in [-0.05, 0) is 10.4 Å². The van der Waals surface area contributed by atoms with Gasteiger partial charge in [-0.1, -0.05) is 0 Å². The lowest BCUT2D eigenvalue weighted by atomic mass is 10.6. The molecule has 0 amide bonds. The first-order valence-corrected chi connectivity index (χ1v) is 3.28. The van der Waals surface area contributed by atoms with E-state index < -0.39 is 0 Å². The number of aromatic amines is 1. The molecule has 7 nitrogen and oxygen atoms in total. The Morgan fingerprint density at radius 1 is 1.58 bits per heavy atom. The fourth-order valence-electron chi connectivity index (χ4n) is 0.922. The van der Waals surface area contributed by atoms with Gasteiger partial charge in [-0.2, -0.15) is 5.10 Å². The van der Waals surface area contributed by atoms with Gasteiger partial charge in [-0.3, -0.25) is 4.68 Å². The Labute approximate surface area is 66.6 Å². The van der Waals surface area contributed by atoms with Crippen molar-refractivity contribution < 1.29 is 0 Å². The van der Waals surface area contributed by atoms with E-state index in [-0.39, 0.29) is 5.69 Å². The smallest absolute Gasteiger partial charge is 0.251 e. The van der Waals surface area contributed by atoms with E-state index in [9.17, 15) is 4.79 Å². The van der Waals surface area contributed by atoms with Crippen LogP contribution >= 0.6 is 0 Å². The van der Waals surface area contributed by atoms with Crippen LogP contribution in [0.3, 0.4) is 0 Å². The second-order valence-corrected chi connectivity index (χ2v) is 2.23. The van der Waals surface area contributed by atoms with Gasteiger partial charge in [0.05, 0.1) is 6.20 Å². The Hall–Kier alpha value is -1.92. The zero-order chi connectivity index (χ0) is 8.55. The molecule has 2 heterocycles. The third-order valence-electron chi connectivity index (χ3n) is 1.48. The molecular weight excluding hydrogens is 160 g/mol. The lowest BCUT2D eigenvalue weighted by molar-refractivity contribution is 0.671. The third-order valence-corrected chi connectivity index (χ3v) is 1.48. The van der Waals surface area contributed by atoms with Crippen LogP contribution in [-0.2, 0) is 7.05 Å². The molecular formula is C5H6N6O. The van der Waals surface area contributed by atoms with E-state index in [1.54, 1.807) is 19.3 Å². The fourth-order valence-corrected chi connectivity index (χ4v) is 0.922. The topological polar surface area (TPSA) is 81.4 Å².